The minimum Gasteiger partial charge on any atom is -0.497 e. The van der Waals surface area contributed by atoms with E-state index in [0.717, 1.165) is 22.4 Å². The number of hydrogen-bond acceptors (Lipinski definition) is 9. The van der Waals surface area contributed by atoms with Crippen LogP contribution >= 0.6 is 23.1 Å². The number of methoxy groups -OCH3 is 1. The van der Waals surface area contributed by atoms with Crippen LogP contribution in [-0.2, 0) is 0 Å². The van der Waals surface area contributed by atoms with Gasteiger partial charge in [0.05, 0.1) is 19.8 Å². The Morgan fingerprint density at radius 3 is 2.72 bits per heavy atom. The van der Waals surface area contributed by atoms with Crippen LogP contribution in [0.5, 0.6) is 5.75 Å². The minimum absolute atomic E-state index is 0.0284. The fraction of sp³-hybridized carbons (Fsp3) is 0.450. The Kier molecular flexibility index (Phi) is 7.15. The summed E-state index contributed by atoms with van der Waals surface area (Å²) in [6, 6.07) is 7.88. The van der Waals surface area contributed by atoms with Gasteiger partial charge in [-0.2, -0.15) is 0 Å². The van der Waals surface area contributed by atoms with Crippen molar-refractivity contribution in [2.45, 2.75) is 43.6 Å². The van der Waals surface area contributed by atoms with Gasteiger partial charge in [-0.05, 0) is 37.0 Å². The number of aliphatic hydroxyl groups excluding tert-OH is 1. The molecule has 4 N–H and O–H groups in total. The van der Waals surface area contributed by atoms with Crippen LogP contribution in [0.3, 0.4) is 0 Å². The van der Waals surface area contributed by atoms with Crippen molar-refractivity contribution < 1.29 is 9.84 Å². The predicted octanol–water partition coefficient (Wildman–Crippen LogP) is 4.35. The molecule has 29 heavy (non-hydrogen) atoms. The number of benzene rings is 1. The van der Waals surface area contributed by atoms with Crippen LogP contribution in [0.1, 0.15) is 38.0 Å². The van der Waals surface area contributed by atoms with Gasteiger partial charge in [-0.15, -0.1) is 0 Å². The van der Waals surface area contributed by atoms with Gasteiger partial charge in [0.1, 0.15) is 10.4 Å². The van der Waals surface area contributed by atoms with Crippen LogP contribution in [0.4, 0.5) is 10.9 Å². The third-order valence-corrected chi connectivity index (χ3v) is 6.31. The highest BCUT2D eigenvalue weighted by Gasteiger charge is 2.19. The molecule has 0 fully saturated rings. The first-order valence-corrected chi connectivity index (χ1v) is 11.2. The zero-order valence-electron chi connectivity index (χ0n) is 17.0. The summed E-state index contributed by atoms with van der Waals surface area (Å²) in [6.07, 6.45) is 0.832. The number of ether oxygens (including phenoxy) is 1. The SMILES string of the molecule is COc1cccc(C(C)Sc2nc(N[C@@H](CO)CC(C)C)c3sc(N)nc3n2)c1. The maximum absolute atomic E-state index is 9.77. The second-order valence-electron chi connectivity index (χ2n) is 7.25. The number of fused-ring (bicyclic) bond motifs is 1. The zero-order valence-corrected chi connectivity index (χ0v) is 18.7. The topological polar surface area (TPSA) is 106 Å². The molecule has 0 saturated heterocycles. The van der Waals surface area contributed by atoms with Crippen molar-refractivity contribution in [3.05, 3.63) is 29.8 Å². The first-order valence-electron chi connectivity index (χ1n) is 9.51. The van der Waals surface area contributed by atoms with Gasteiger partial charge < -0.3 is 20.9 Å². The van der Waals surface area contributed by atoms with Crippen molar-refractivity contribution in [2.24, 2.45) is 5.92 Å². The van der Waals surface area contributed by atoms with Crippen LogP contribution in [0.2, 0.25) is 0 Å². The summed E-state index contributed by atoms with van der Waals surface area (Å²) >= 11 is 2.90. The summed E-state index contributed by atoms with van der Waals surface area (Å²) in [7, 11) is 1.66. The van der Waals surface area contributed by atoms with Gasteiger partial charge in [-0.3, -0.25) is 0 Å². The molecule has 2 atom stereocenters. The minimum atomic E-state index is -0.0925. The van der Waals surface area contributed by atoms with Gasteiger partial charge in [0.15, 0.2) is 21.8 Å². The molecule has 7 nitrogen and oxygen atoms in total. The molecule has 1 aromatic carbocycles. The molecule has 2 aromatic heterocycles. The van der Waals surface area contributed by atoms with Crippen LogP contribution in [0.15, 0.2) is 29.4 Å². The smallest absolute Gasteiger partial charge is 0.192 e. The standard InChI is InChI=1S/C20H27N5O2S2/c1-11(2)8-14(10-26)22-17-16-18(23-19(21)29-16)25-20(24-17)28-12(3)13-6-5-7-15(9-13)27-4/h5-7,9,11-12,14,26H,8,10H2,1-4H3,(H3,21,22,23,24,25)/t12?,14-/m1/s1. The second kappa shape index (κ2) is 9.60. The van der Waals surface area contributed by atoms with Crippen molar-refractivity contribution in [1.29, 1.82) is 0 Å². The molecule has 3 rings (SSSR count). The highest BCUT2D eigenvalue weighted by Crippen LogP contribution is 2.37. The lowest BCUT2D eigenvalue weighted by Gasteiger charge is -2.19. The van der Waals surface area contributed by atoms with Crippen molar-refractivity contribution in [3.63, 3.8) is 0 Å². The Hall–Kier alpha value is -2.10. The maximum Gasteiger partial charge on any atom is 0.192 e. The highest BCUT2D eigenvalue weighted by molar-refractivity contribution is 7.99. The molecule has 1 unspecified atom stereocenters. The summed E-state index contributed by atoms with van der Waals surface area (Å²) in [5.74, 6) is 1.94. The molecule has 0 bridgehead atoms. The number of thioether (sulfide) groups is 1. The number of nitrogen functional groups attached to an aromatic ring is 1. The van der Waals surface area contributed by atoms with E-state index in [1.54, 1.807) is 18.9 Å². The molecule has 0 radical (unpaired) electrons. The lowest BCUT2D eigenvalue weighted by molar-refractivity contribution is 0.259. The van der Waals surface area contributed by atoms with E-state index in [-0.39, 0.29) is 17.9 Å². The lowest BCUT2D eigenvalue weighted by Crippen LogP contribution is -2.26. The predicted molar refractivity (Wildman–Crippen MR) is 121 cm³/mol. The number of hydrogen-bond donors (Lipinski definition) is 3. The van der Waals surface area contributed by atoms with E-state index in [2.05, 4.69) is 42.1 Å². The van der Waals surface area contributed by atoms with Gasteiger partial charge in [0.25, 0.3) is 0 Å². The van der Waals surface area contributed by atoms with Crippen LogP contribution < -0.4 is 15.8 Å². The number of nitrogens with one attached hydrogen (secondary N) is 1. The average molecular weight is 434 g/mol. The van der Waals surface area contributed by atoms with Crippen LogP contribution in [0.25, 0.3) is 10.3 Å². The Morgan fingerprint density at radius 1 is 1.24 bits per heavy atom. The summed E-state index contributed by atoms with van der Waals surface area (Å²) in [6.45, 7) is 6.38. The molecule has 0 aliphatic heterocycles. The highest BCUT2D eigenvalue weighted by atomic mass is 32.2. The Morgan fingerprint density at radius 2 is 2.03 bits per heavy atom. The van der Waals surface area contributed by atoms with E-state index in [1.165, 1.54) is 11.3 Å². The summed E-state index contributed by atoms with van der Waals surface area (Å²) < 4.78 is 6.13. The molecule has 0 aliphatic rings. The molecule has 0 spiro atoms. The fourth-order valence-corrected chi connectivity index (χ4v) is 4.64. The molecule has 0 saturated carbocycles. The Balaban J connectivity index is 1.89. The number of rotatable bonds is 9. The number of anilines is 2. The number of nitrogens with zero attached hydrogens (tertiary/aromatic N) is 3. The Labute approximate surface area is 179 Å². The van der Waals surface area contributed by atoms with Crippen LogP contribution in [0, 0.1) is 5.92 Å². The summed E-state index contributed by atoms with van der Waals surface area (Å²) in [4.78, 5) is 13.7. The first kappa shape index (κ1) is 21.6. The average Bonchev–Trinajstić information content (AvgIpc) is 3.07. The third-order valence-electron chi connectivity index (χ3n) is 4.41. The number of aromatic nitrogens is 3. The summed E-state index contributed by atoms with van der Waals surface area (Å²) in [5.41, 5.74) is 7.62. The molecule has 0 aliphatic carbocycles. The van der Waals surface area contributed by atoms with Crippen molar-refractivity contribution in [3.8, 4) is 5.75 Å². The van der Waals surface area contributed by atoms with E-state index < -0.39 is 0 Å². The normalized spacial score (nSPS) is 13.6. The molecule has 2 heterocycles. The van der Waals surface area contributed by atoms with Gasteiger partial charge in [0, 0.05) is 5.25 Å². The van der Waals surface area contributed by atoms with E-state index in [9.17, 15) is 5.11 Å². The number of aliphatic hydroxyl groups is 1. The zero-order chi connectivity index (χ0) is 21.0. The van der Waals surface area contributed by atoms with Crippen LogP contribution in [-0.4, -0.2) is 39.8 Å². The van der Waals surface area contributed by atoms with Crippen molar-refractivity contribution in [2.75, 3.05) is 24.8 Å². The lowest BCUT2D eigenvalue weighted by atomic mass is 10.0. The molecular formula is C20H27N5O2S2. The van der Waals surface area contributed by atoms with Crippen molar-refractivity contribution >= 4 is 44.4 Å². The molecular weight excluding hydrogens is 406 g/mol. The number of nitrogens with two attached hydrogens (primary N) is 1. The third kappa shape index (κ3) is 5.49. The van der Waals surface area contributed by atoms with Gasteiger partial charge in [0.2, 0.25) is 0 Å². The molecule has 156 valence electrons. The first-order chi connectivity index (χ1) is 13.9. The Bertz CT molecular complexity index is 963. The largest absolute Gasteiger partial charge is 0.497 e. The maximum atomic E-state index is 9.77. The molecule has 3 aromatic rings. The van der Waals surface area contributed by atoms with Gasteiger partial charge in [-0.1, -0.05) is 49.1 Å². The second-order valence-corrected chi connectivity index (χ2v) is 9.59. The van der Waals surface area contributed by atoms with Crippen molar-refractivity contribution in [1.82, 2.24) is 15.0 Å². The van der Waals surface area contributed by atoms with E-state index in [4.69, 9.17) is 15.5 Å². The van der Waals surface area contributed by atoms with E-state index in [0.29, 0.717) is 27.7 Å². The van der Waals surface area contributed by atoms with E-state index in [1.807, 2.05) is 18.2 Å². The quantitative estimate of drug-likeness (QED) is 0.338. The van der Waals surface area contributed by atoms with Gasteiger partial charge in [-0.25, -0.2) is 15.0 Å². The fourth-order valence-electron chi connectivity index (χ4n) is 3.03. The monoisotopic (exact) mass is 433 g/mol. The molecule has 9 heteroatoms. The summed E-state index contributed by atoms with van der Waals surface area (Å²) in [5, 5.41) is 14.3. The van der Waals surface area contributed by atoms with Gasteiger partial charge >= 0.3 is 0 Å². The van der Waals surface area contributed by atoms with E-state index >= 15 is 0 Å². The number of thiazole rings is 1. The molecule has 0 amide bonds.